The van der Waals surface area contributed by atoms with Crippen molar-refractivity contribution in [1.29, 1.82) is 0 Å². The Morgan fingerprint density at radius 1 is 0.971 bits per heavy atom. The highest BCUT2D eigenvalue weighted by atomic mass is 16.7. The number of methoxy groups -OCH3 is 2. The van der Waals surface area contributed by atoms with Crippen molar-refractivity contribution in [2.45, 2.75) is 44.6 Å². The molecule has 2 aliphatic heterocycles. The average molecular weight is 490 g/mol. The summed E-state index contributed by atoms with van der Waals surface area (Å²) in [7, 11) is 2.92. The van der Waals surface area contributed by atoms with Crippen molar-refractivity contribution in [2.24, 2.45) is 0 Å². The van der Waals surface area contributed by atoms with E-state index in [4.69, 9.17) is 28.4 Å². The molecule has 0 amide bonds. The first-order valence-electron chi connectivity index (χ1n) is 10.8. The number of ether oxygens (including phenoxy) is 6. The van der Waals surface area contributed by atoms with Crippen LogP contribution in [0.3, 0.4) is 0 Å². The summed E-state index contributed by atoms with van der Waals surface area (Å²) in [4.78, 5) is 25.8. The molecule has 5 atom stereocenters. The molecule has 11 heteroatoms. The first kappa shape index (κ1) is 24.7. The van der Waals surface area contributed by atoms with E-state index >= 15 is 0 Å². The third-order valence-corrected chi connectivity index (χ3v) is 5.93. The van der Waals surface area contributed by atoms with E-state index in [9.17, 15) is 24.9 Å². The zero-order valence-electron chi connectivity index (χ0n) is 19.5. The zero-order chi connectivity index (χ0) is 25.4. The lowest BCUT2D eigenvalue weighted by Gasteiger charge is -2.39. The topological polar surface area (TPSA) is 150 Å². The predicted molar refractivity (Wildman–Crippen MR) is 118 cm³/mol. The summed E-state index contributed by atoms with van der Waals surface area (Å²) in [5.74, 6) is -0.677. The summed E-state index contributed by atoms with van der Waals surface area (Å²) in [5, 5.41) is 30.0. The molecule has 0 bridgehead atoms. The molecule has 2 aromatic rings. The fourth-order valence-electron chi connectivity index (χ4n) is 4.14. The largest absolute Gasteiger partial charge is 0.497 e. The van der Waals surface area contributed by atoms with Gasteiger partial charge in [0.05, 0.1) is 20.8 Å². The van der Waals surface area contributed by atoms with Gasteiger partial charge in [-0.2, -0.15) is 0 Å². The van der Waals surface area contributed by atoms with E-state index in [1.807, 2.05) is 0 Å². The van der Waals surface area contributed by atoms with Crippen molar-refractivity contribution in [1.82, 2.24) is 0 Å². The molecule has 1 saturated heterocycles. The average Bonchev–Trinajstić information content (AvgIpc) is 2.96. The Labute approximate surface area is 200 Å². The highest BCUT2D eigenvalue weighted by Crippen LogP contribution is 2.37. The lowest BCUT2D eigenvalue weighted by Crippen LogP contribution is -2.60. The number of aryl methyl sites for hydroxylation is 2. The second kappa shape index (κ2) is 9.70. The molecule has 188 valence electrons. The number of carbonyl (C=O) groups excluding carboxylic acids is 2. The number of aliphatic hydroxyl groups is 3. The zero-order valence-corrected chi connectivity index (χ0v) is 19.5. The Morgan fingerprint density at radius 2 is 1.69 bits per heavy atom. The van der Waals surface area contributed by atoms with Crippen LogP contribution in [0.2, 0.25) is 0 Å². The van der Waals surface area contributed by atoms with Crippen molar-refractivity contribution < 1.29 is 53.3 Å². The van der Waals surface area contributed by atoms with Crippen LogP contribution in [-0.4, -0.2) is 78.8 Å². The molecule has 4 rings (SSSR count). The minimum atomic E-state index is -1.55. The number of esters is 2. The number of aliphatic hydroxyl groups excluding tert-OH is 3. The molecule has 1 fully saturated rings. The van der Waals surface area contributed by atoms with Crippen LogP contribution in [0.1, 0.15) is 31.8 Å². The minimum absolute atomic E-state index is 0.0102. The van der Waals surface area contributed by atoms with Gasteiger partial charge in [-0.25, -0.2) is 9.59 Å². The minimum Gasteiger partial charge on any atom is -0.497 e. The number of carbonyl (C=O) groups is 2. The third kappa shape index (κ3) is 4.50. The van der Waals surface area contributed by atoms with Gasteiger partial charge in [0.1, 0.15) is 52.4 Å². The van der Waals surface area contributed by atoms with Gasteiger partial charge in [-0.05, 0) is 37.1 Å². The SMILES string of the molecule is COc1cc(C)c(C(=O)Oc2cc(C)c3c(c2)OC2OC(CO)C(O)C(O)C2OC3=O)c(OC)c1. The summed E-state index contributed by atoms with van der Waals surface area (Å²) in [6.07, 6.45) is -6.85. The number of hydrogen-bond acceptors (Lipinski definition) is 11. The van der Waals surface area contributed by atoms with Crippen molar-refractivity contribution in [2.75, 3.05) is 20.8 Å². The van der Waals surface area contributed by atoms with Gasteiger partial charge in [0.25, 0.3) is 0 Å². The first-order chi connectivity index (χ1) is 16.7. The lowest BCUT2D eigenvalue weighted by atomic mass is 9.99. The standard InChI is InChI=1S/C24H26O11/c1-10-5-12(30-3)7-14(31-4)17(10)22(28)32-13-6-11(2)18-15(8-13)33-24-21(35-23(18)29)20(27)19(26)16(9-25)34-24/h5-8,16,19-21,24-27H,9H2,1-4H3. The summed E-state index contributed by atoms with van der Waals surface area (Å²) in [6, 6.07) is 6.01. The Hall–Kier alpha value is -3.38. The quantitative estimate of drug-likeness (QED) is 0.405. The van der Waals surface area contributed by atoms with Gasteiger partial charge in [0.15, 0.2) is 6.10 Å². The van der Waals surface area contributed by atoms with Crippen molar-refractivity contribution in [3.8, 4) is 23.0 Å². The summed E-state index contributed by atoms with van der Waals surface area (Å²) < 4.78 is 32.8. The molecule has 0 radical (unpaired) electrons. The molecule has 0 saturated carbocycles. The molecular formula is C24H26O11. The molecular weight excluding hydrogens is 464 g/mol. The highest BCUT2D eigenvalue weighted by molar-refractivity contribution is 5.97. The first-order valence-corrected chi connectivity index (χ1v) is 10.8. The molecule has 35 heavy (non-hydrogen) atoms. The van der Waals surface area contributed by atoms with Gasteiger partial charge in [-0.15, -0.1) is 0 Å². The van der Waals surface area contributed by atoms with Gasteiger partial charge < -0.3 is 43.7 Å². The third-order valence-electron chi connectivity index (χ3n) is 5.93. The lowest BCUT2D eigenvalue weighted by molar-refractivity contribution is -0.274. The van der Waals surface area contributed by atoms with E-state index in [1.165, 1.54) is 26.4 Å². The van der Waals surface area contributed by atoms with Gasteiger partial charge in [-0.1, -0.05) is 0 Å². The van der Waals surface area contributed by atoms with E-state index < -0.39 is 49.3 Å². The second-order valence-electron chi connectivity index (χ2n) is 8.22. The maximum atomic E-state index is 13.0. The Morgan fingerprint density at radius 3 is 2.34 bits per heavy atom. The number of hydrogen-bond donors (Lipinski definition) is 3. The molecule has 0 aromatic heterocycles. The molecule has 5 unspecified atom stereocenters. The van der Waals surface area contributed by atoms with Crippen molar-refractivity contribution in [3.63, 3.8) is 0 Å². The summed E-state index contributed by atoms with van der Waals surface area (Å²) in [6.45, 7) is 2.71. The van der Waals surface area contributed by atoms with E-state index in [1.54, 1.807) is 26.0 Å². The number of fused-ring (bicyclic) bond motifs is 2. The smallest absolute Gasteiger partial charge is 0.347 e. The summed E-state index contributed by atoms with van der Waals surface area (Å²) >= 11 is 0. The van der Waals surface area contributed by atoms with Crippen molar-refractivity contribution >= 4 is 11.9 Å². The second-order valence-corrected chi connectivity index (χ2v) is 8.22. The van der Waals surface area contributed by atoms with Gasteiger partial charge in [-0.3, -0.25) is 0 Å². The normalized spacial score (nSPS) is 25.3. The van der Waals surface area contributed by atoms with Crippen LogP contribution in [0, 0.1) is 13.8 Å². The van der Waals surface area contributed by atoms with Gasteiger partial charge >= 0.3 is 11.9 Å². The van der Waals surface area contributed by atoms with E-state index in [2.05, 4.69) is 0 Å². The number of benzene rings is 2. The van der Waals surface area contributed by atoms with E-state index in [0.717, 1.165) is 0 Å². The van der Waals surface area contributed by atoms with Gasteiger partial charge in [0.2, 0.25) is 6.29 Å². The Kier molecular flexibility index (Phi) is 6.86. The van der Waals surface area contributed by atoms with E-state index in [0.29, 0.717) is 16.9 Å². The molecule has 11 nitrogen and oxygen atoms in total. The summed E-state index contributed by atoms with van der Waals surface area (Å²) in [5.41, 5.74) is 1.18. The predicted octanol–water partition coefficient (Wildman–Crippen LogP) is 0.897. The van der Waals surface area contributed by atoms with Crippen LogP contribution in [0.25, 0.3) is 0 Å². The van der Waals surface area contributed by atoms with Crippen LogP contribution < -0.4 is 18.9 Å². The van der Waals surface area contributed by atoms with Crippen LogP contribution in [0.5, 0.6) is 23.0 Å². The molecule has 2 heterocycles. The van der Waals surface area contributed by atoms with Gasteiger partial charge in [0, 0.05) is 12.1 Å². The molecule has 2 aliphatic rings. The Bertz CT molecular complexity index is 1140. The molecule has 0 aliphatic carbocycles. The van der Waals surface area contributed by atoms with Crippen LogP contribution >= 0.6 is 0 Å². The fourth-order valence-corrected chi connectivity index (χ4v) is 4.14. The molecule has 3 N–H and O–H groups in total. The van der Waals surface area contributed by atoms with Crippen LogP contribution in [-0.2, 0) is 9.47 Å². The van der Waals surface area contributed by atoms with Crippen LogP contribution in [0.4, 0.5) is 0 Å². The molecule has 0 spiro atoms. The highest BCUT2D eigenvalue weighted by Gasteiger charge is 2.50. The maximum absolute atomic E-state index is 13.0. The number of rotatable bonds is 5. The fraction of sp³-hybridized carbons (Fsp3) is 0.417. The Balaban J connectivity index is 1.66. The van der Waals surface area contributed by atoms with E-state index in [-0.39, 0.29) is 28.4 Å². The van der Waals surface area contributed by atoms with Crippen LogP contribution in [0.15, 0.2) is 24.3 Å². The van der Waals surface area contributed by atoms with Crippen molar-refractivity contribution in [3.05, 3.63) is 46.5 Å². The monoisotopic (exact) mass is 490 g/mol. The maximum Gasteiger partial charge on any atom is 0.347 e. The molecule has 2 aromatic carbocycles.